The molecule has 154 valence electrons. The lowest BCUT2D eigenvalue weighted by atomic mass is 10.1. The van der Waals surface area contributed by atoms with Crippen molar-refractivity contribution >= 4 is 34.0 Å². The number of carbonyl (C=O) groups excluding carboxylic acids is 2. The number of hydrogen-bond donors (Lipinski definition) is 2. The van der Waals surface area contributed by atoms with E-state index in [1.165, 1.54) is 23.5 Å². The van der Waals surface area contributed by atoms with Crippen LogP contribution in [0.2, 0.25) is 0 Å². The topological polar surface area (TPSA) is 80.3 Å². The van der Waals surface area contributed by atoms with E-state index in [2.05, 4.69) is 15.6 Å². The minimum absolute atomic E-state index is 0.204. The van der Waals surface area contributed by atoms with Gasteiger partial charge < -0.3 is 10.1 Å². The molecule has 0 radical (unpaired) electrons. The number of anilines is 2. The van der Waals surface area contributed by atoms with E-state index in [-0.39, 0.29) is 17.6 Å². The minimum Gasteiger partial charge on any atom is -0.368 e. The average molecular weight is 425 g/mol. The van der Waals surface area contributed by atoms with E-state index in [9.17, 15) is 14.0 Å². The van der Waals surface area contributed by atoms with Gasteiger partial charge in [-0.3, -0.25) is 14.9 Å². The van der Waals surface area contributed by atoms with Gasteiger partial charge in [0.1, 0.15) is 11.9 Å². The van der Waals surface area contributed by atoms with Crippen molar-refractivity contribution < 1.29 is 18.7 Å². The van der Waals surface area contributed by atoms with Gasteiger partial charge in [0, 0.05) is 28.3 Å². The monoisotopic (exact) mass is 425 g/mol. The van der Waals surface area contributed by atoms with Crippen LogP contribution < -0.4 is 10.6 Å². The van der Waals surface area contributed by atoms with Gasteiger partial charge in [0.25, 0.3) is 11.8 Å². The molecule has 1 aliphatic heterocycles. The summed E-state index contributed by atoms with van der Waals surface area (Å²) in [5, 5.41) is 6.04. The Kier molecular flexibility index (Phi) is 5.87. The predicted molar refractivity (Wildman–Crippen MR) is 114 cm³/mol. The van der Waals surface area contributed by atoms with Gasteiger partial charge in [-0.2, -0.15) is 0 Å². The lowest BCUT2D eigenvalue weighted by Crippen LogP contribution is -2.27. The van der Waals surface area contributed by atoms with Crippen LogP contribution in [0.1, 0.15) is 28.1 Å². The molecule has 0 saturated carbocycles. The first kappa shape index (κ1) is 20.2. The Bertz CT molecular complexity index is 1080. The van der Waals surface area contributed by atoms with Crippen LogP contribution in [0.15, 0.2) is 48.5 Å². The summed E-state index contributed by atoms with van der Waals surface area (Å²) in [6, 6.07) is 12.8. The molecule has 8 heteroatoms. The molecule has 1 fully saturated rings. The van der Waals surface area contributed by atoms with E-state index < -0.39 is 6.10 Å². The van der Waals surface area contributed by atoms with Gasteiger partial charge >= 0.3 is 0 Å². The molecule has 30 heavy (non-hydrogen) atoms. The lowest BCUT2D eigenvalue weighted by Gasteiger charge is -2.11. The summed E-state index contributed by atoms with van der Waals surface area (Å²) in [6.07, 6.45) is 1.13. The largest absolute Gasteiger partial charge is 0.368 e. The van der Waals surface area contributed by atoms with Crippen molar-refractivity contribution in [3.05, 3.63) is 64.8 Å². The Morgan fingerprint density at radius 2 is 1.97 bits per heavy atom. The molecule has 1 aliphatic rings. The zero-order chi connectivity index (χ0) is 21.1. The standard InChI is InChI=1S/C22H20FN3O3S/c1-13-19(14-7-9-16(23)10-8-14)25-22(30-13)26-20(27)15-4-2-5-17(12-15)24-21(28)18-6-3-11-29-18/h2,4-5,7-10,12,18H,3,6,11H2,1H3,(H,24,28)(H,25,26,27)/t18-/m0/s1. The van der Waals surface area contributed by atoms with Crippen LogP contribution in [0.25, 0.3) is 11.3 Å². The Morgan fingerprint density at radius 3 is 2.70 bits per heavy atom. The maximum absolute atomic E-state index is 13.2. The molecule has 6 nitrogen and oxygen atoms in total. The number of nitrogens with one attached hydrogen (secondary N) is 2. The number of carbonyl (C=O) groups is 2. The van der Waals surface area contributed by atoms with Crippen LogP contribution in [0.3, 0.4) is 0 Å². The summed E-state index contributed by atoms with van der Waals surface area (Å²) in [7, 11) is 0. The van der Waals surface area contributed by atoms with Gasteiger partial charge in [-0.05, 0) is 62.2 Å². The Labute approximate surface area is 177 Å². The first-order valence-corrected chi connectivity index (χ1v) is 10.4. The number of aromatic nitrogens is 1. The Morgan fingerprint density at radius 1 is 1.17 bits per heavy atom. The zero-order valence-electron chi connectivity index (χ0n) is 16.3. The third-order valence-electron chi connectivity index (χ3n) is 4.75. The van der Waals surface area contributed by atoms with Gasteiger partial charge in [-0.25, -0.2) is 9.37 Å². The number of hydrogen-bond acceptors (Lipinski definition) is 5. The lowest BCUT2D eigenvalue weighted by molar-refractivity contribution is -0.124. The Balaban J connectivity index is 1.46. The van der Waals surface area contributed by atoms with Gasteiger partial charge in [0.15, 0.2) is 5.13 Å². The van der Waals surface area contributed by atoms with Crippen LogP contribution in [-0.2, 0) is 9.53 Å². The maximum Gasteiger partial charge on any atom is 0.257 e. The van der Waals surface area contributed by atoms with E-state index in [1.807, 2.05) is 6.92 Å². The highest BCUT2D eigenvalue weighted by molar-refractivity contribution is 7.16. The normalized spacial score (nSPS) is 15.7. The van der Waals surface area contributed by atoms with Gasteiger partial charge in [-0.1, -0.05) is 6.07 Å². The quantitative estimate of drug-likeness (QED) is 0.625. The zero-order valence-corrected chi connectivity index (χ0v) is 17.1. The second kappa shape index (κ2) is 8.73. The smallest absolute Gasteiger partial charge is 0.257 e. The molecule has 2 N–H and O–H groups in total. The van der Waals surface area contributed by atoms with Gasteiger partial charge in [0.2, 0.25) is 0 Å². The third-order valence-corrected chi connectivity index (χ3v) is 5.64. The molecule has 0 spiro atoms. The molecule has 1 aromatic heterocycles. The maximum atomic E-state index is 13.2. The van der Waals surface area contributed by atoms with Crippen molar-refractivity contribution in [3.8, 4) is 11.3 Å². The number of rotatable bonds is 5. The van der Waals surface area contributed by atoms with Crippen molar-refractivity contribution in [2.24, 2.45) is 0 Å². The molecule has 1 atom stereocenters. The van der Waals surface area contributed by atoms with Crippen molar-refractivity contribution in [2.45, 2.75) is 25.9 Å². The van der Waals surface area contributed by atoms with Gasteiger partial charge in [-0.15, -0.1) is 11.3 Å². The van der Waals surface area contributed by atoms with Crippen molar-refractivity contribution in [2.75, 3.05) is 17.2 Å². The van der Waals surface area contributed by atoms with Crippen molar-refractivity contribution in [1.29, 1.82) is 0 Å². The number of nitrogens with zero attached hydrogens (tertiary/aromatic N) is 1. The highest BCUT2D eigenvalue weighted by atomic mass is 32.1. The number of aryl methyl sites for hydroxylation is 1. The molecule has 0 unspecified atom stereocenters. The van der Waals surface area contributed by atoms with Crippen LogP contribution in [0.5, 0.6) is 0 Å². The number of halogens is 1. The minimum atomic E-state index is -0.439. The first-order valence-electron chi connectivity index (χ1n) is 9.57. The fourth-order valence-electron chi connectivity index (χ4n) is 3.24. The summed E-state index contributed by atoms with van der Waals surface area (Å²) < 4.78 is 18.5. The average Bonchev–Trinajstić information content (AvgIpc) is 3.39. The fourth-order valence-corrected chi connectivity index (χ4v) is 4.07. The molecule has 2 amide bonds. The van der Waals surface area contributed by atoms with E-state index in [0.29, 0.717) is 35.1 Å². The molecule has 0 bridgehead atoms. The predicted octanol–water partition coefficient (Wildman–Crippen LogP) is 4.63. The summed E-state index contributed by atoms with van der Waals surface area (Å²) in [4.78, 5) is 30.3. The molecular weight excluding hydrogens is 405 g/mol. The van der Waals surface area contributed by atoms with Crippen LogP contribution in [0, 0.1) is 12.7 Å². The third kappa shape index (κ3) is 4.55. The van der Waals surface area contributed by atoms with E-state index >= 15 is 0 Å². The summed E-state index contributed by atoms with van der Waals surface area (Å²) >= 11 is 1.34. The number of amides is 2. The number of ether oxygens (including phenoxy) is 1. The second-order valence-electron chi connectivity index (χ2n) is 6.96. The van der Waals surface area contributed by atoms with Crippen LogP contribution in [-0.4, -0.2) is 29.5 Å². The van der Waals surface area contributed by atoms with E-state index in [4.69, 9.17) is 4.74 Å². The second-order valence-corrected chi connectivity index (χ2v) is 8.16. The molecular formula is C22H20FN3O3S. The SMILES string of the molecule is Cc1sc(NC(=O)c2cccc(NC(=O)[C@@H]3CCCO3)c2)nc1-c1ccc(F)cc1. The molecule has 2 heterocycles. The fraction of sp³-hybridized carbons (Fsp3) is 0.227. The molecule has 2 aromatic carbocycles. The van der Waals surface area contributed by atoms with E-state index in [0.717, 1.165) is 16.9 Å². The molecule has 0 aliphatic carbocycles. The first-order chi connectivity index (χ1) is 14.5. The summed E-state index contributed by atoms with van der Waals surface area (Å²) in [6.45, 7) is 2.49. The molecule has 3 aromatic rings. The summed E-state index contributed by atoms with van der Waals surface area (Å²) in [5.74, 6) is -0.848. The van der Waals surface area contributed by atoms with Crippen LogP contribution >= 0.6 is 11.3 Å². The highest BCUT2D eigenvalue weighted by Crippen LogP contribution is 2.30. The van der Waals surface area contributed by atoms with Crippen LogP contribution in [0.4, 0.5) is 15.2 Å². The molecule has 4 rings (SSSR count). The number of benzene rings is 2. The van der Waals surface area contributed by atoms with E-state index in [1.54, 1.807) is 36.4 Å². The summed E-state index contributed by atoms with van der Waals surface area (Å²) in [5.41, 5.74) is 2.42. The molecule has 1 saturated heterocycles. The van der Waals surface area contributed by atoms with Crippen molar-refractivity contribution in [1.82, 2.24) is 4.98 Å². The number of thiazole rings is 1. The van der Waals surface area contributed by atoms with Crippen molar-refractivity contribution in [3.63, 3.8) is 0 Å². The van der Waals surface area contributed by atoms with Gasteiger partial charge in [0.05, 0.1) is 5.69 Å². The highest BCUT2D eigenvalue weighted by Gasteiger charge is 2.23. The Hall–Kier alpha value is -3.10.